The number of rotatable bonds is 4. The van der Waals surface area contributed by atoms with Gasteiger partial charge in [-0.25, -0.2) is 0 Å². The molecule has 20 heavy (non-hydrogen) atoms. The van der Waals surface area contributed by atoms with E-state index < -0.39 is 0 Å². The maximum Gasteiger partial charge on any atom is 0.318 e. The van der Waals surface area contributed by atoms with Crippen LogP contribution >= 0.6 is 0 Å². The molecule has 2 heterocycles. The van der Waals surface area contributed by atoms with Crippen LogP contribution in [0.2, 0.25) is 0 Å². The monoisotopic (exact) mass is 339 g/mol. The molecule has 0 aromatic heterocycles. The fourth-order valence-corrected chi connectivity index (χ4v) is 3.84. The highest BCUT2D eigenvalue weighted by atomic mass is 79.9. The van der Waals surface area contributed by atoms with Crippen LogP contribution in [0.3, 0.4) is 0 Å². The average Bonchev–Trinajstić information content (AvgIpc) is 2.97. The normalized spacial score (nSPS) is 30.9. The van der Waals surface area contributed by atoms with E-state index in [9.17, 15) is 4.79 Å². The number of esters is 1. The Bertz CT molecular complexity index is 467. The van der Waals surface area contributed by atoms with Crippen molar-refractivity contribution in [2.45, 2.75) is 26.3 Å². The van der Waals surface area contributed by atoms with Gasteiger partial charge >= 0.3 is 5.97 Å². The first-order valence-corrected chi connectivity index (χ1v) is 7.24. The number of quaternary nitrogens is 1. The van der Waals surface area contributed by atoms with Gasteiger partial charge in [0.15, 0.2) is 0 Å². The summed E-state index contributed by atoms with van der Waals surface area (Å²) in [5, 5.41) is 0. The maximum atomic E-state index is 12.2. The van der Waals surface area contributed by atoms with Gasteiger partial charge < -0.3 is 26.2 Å². The van der Waals surface area contributed by atoms with E-state index in [0.717, 1.165) is 43.5 Å². The zero-order valence-electron chi connectivity index (χ0n) is 12.0. The van der Waals surface area contributed by atoms with Crippen molar-refractivity contribution in [3.63, 3.8) is 0 Å². The average molecular weight is 340 g/mol. The second-order valence-corrected chi connectivity index (χ2v) is 6.09. The standard InChI is InChI=1S/C16H22NO2.BrH/c1-2-19-15(18)16-8-10-17(13-16,11-9-16)12-14-6-4-3-5-7-14;/h3-7H,2,8-13H2,1H3;1H/q+1;/p-1. The molecule has 0 atom stereocenters. The summed E-state index contributed by atoms with van der Waals surface area (Å²) in [7, 11) is 0. The van der Waals surface area contributed by atoms with Gasteiger partial charge in [0.2, 0.25) is 0 Å². The predicted octanol–water partition coefficient (Wildman–Crippen LogP) is -0.636. The number of piperidine rings is 1. The van der Waals surface area contributed by atoms with Crippen molar-refractivity contribution in [2.24, 2.45) is 5.41 Å². The van der Waals surface area contributed by atoms with Gasteiger partial charge in [-0.05, 0) is 6.92 Å². The number of hydrogen-bond acceptors (Lipinski definition) is 2. The second-order valence-electron chi connectivity index (χ2n) is 6.09. The molecule has 0 unspecified atom stereocenters. The lowest BCUT2D eigenvalue weighted by Gasteiger charge is -2.31. The van der Waals surface area contributed by atoms with Gasteiger partial charge in [-0.15, -0.1) is 0 Å². The molecule has 3 nitrogen and oxygen atoms in total. The number of halogens is 1. The van der Waals surface area contributed by atoms with Crippen LogP contribution in [-0.4, -0.2) is 36.7 Å². The zero-order chi connectivity index (χ0) is 13.3. The third kappa shape index (κ3) is 2.63. The van der Waals surface area contributed by atoms with Crippen LogP contribution in [0, 0.1) is 5.41 Å². The summed E-state index contributed by atoms with van der Waals surface area (Å²) in [4.78, 5) is 12.2. The van der Waals surface area contributed by atoms with E-state index >= 15 is 0 Å². The number of benzene rings is 1. The molecule has 2 bridgehead atoms. The van der Waals surface area contributed by atoms with Crippen molar-refractivity contribution in [1.82, 2.24) is 0 Å². The molecule has 0 aliphatic carbocycles. The summed E-state index contributed by atoms with van der Waals surface area (Å²) >= 11 is 0. The highest BCUT2D eigenvalue weighted by molar-refractivity contribution is 5.77. The van der Waals surface area contributed by atoms with Crippen LogP contribution in [-0.2, 0) is 16.1 Å². The van der Waals surface area contributed by atoms with Crippen LogP contribution in [0.5, 0.6) is 0 Å². The first kappa shape index (κ1) is 15.5. The molecule has 1 aromatic carbocycles. The lowest BCUT2D eigenvalue weighted by atomic mass is 9.85. The predicted molar refractivity (Wildman–Crippen MR) is 73.3 cm³/mol. The third-order valence-electron chi connectivity index (χ3n) is 4.84. The van der Waals surface area contributed by atoms with E-state index in [0.29, 0.717) is 6.61 Å². The van der Waals surface area contributed by atoms with Gasteiger partial charge in [-0.1, -0.05) is 30.3 Å². The highest BCUT2D eigenvalue weighted by Crippen LogP contribution is 2.47. The largest absolute Gasteiger partial charge is 1.00 e. The molecule has 0 saturated carbocycles. The topological polar surface area (TPSA) is 26.3 Å². The quantitative estimate of drug-likeness (QED) is 0.539. The molecule has 1 aromatic rings. The zero-order valence-corrected chi connectivity index (χ0v) is 13.6. The second kappa shape index (κ2) is 5.86. The van der Waals surface area contributed by atoms with Crippen LogP contribution in [0.4, 0.5) is 0 Å². The third-order valence-corrected chi connectivity index (χ3v) is 4.84. The minimum Gasteiger partial charge on any atom is -1.00 e. The first-order valence-electron chi connectivity index (χ1n) is 7.24. The number of hydrogen-bond donors (Lipinski definition) is 0. The Morgan fingerprint density at radius 2 is 1.90 bits per heavy atom. The van der Waals surface area contributed by atoms with Crippen LogP contribution in [0.1, 0.15) is 25.3 Å². The van der Waals surface area contributed by atoms with E-state index in [2.05, 4.69) is 30.3 Å². The maximum absolute atomic E-state index is 12.2. The van der Waals surface area contributed by atoms with Crippen LogP contribution < -0.4 is 17.0 Å². The van der Waals surface area contributed by atoms with Gasteiger partial charge in [0, 0.05) is 18.4 Å². The molecule has 2 fully saturated rings. The number of nitrogens with zero attached hydrogens (tertiary/aromatic N) is 1. The lowest BCUT2D eigenvalue weighted by Crippen LogP contribution is -3.00. The molecular formula is C16H22BrNO2. The van der Waals surface area contributed by atoms with Gasteiger partial charge in [-0.2, -0.15) is 0 Å². The van der Waals surface area contributed by atoms with Crippen LogP contribution in [0.25, 0.3) is 0 Å². The van der Waals surface area contributed by atoms with Crippen molar-refractivity contribution in [2.75, 3.05) is 26.2 Å². The smallest absolute Gasteiger partial charge is 0.318 e. The Balaban J connectivity index is 0.00000147. The van der Waals surface area contributed by atoms with E-state index in [4.69, 9.17) is 4.74 Å². The Hall–Kier alpha value is -0.870. The Morgan fingerprint density at radius 1 is 1.25 bits per heavy atom. The molecule has 0 radical (unpaired) electrons. The highest BCUT2D eigenvalue weighted by Gasteiger charge is 2.60. The number of carbonyl (C=O) groups is 1. The minimum atomic E-state index is -0.176. The number of fused-ring (bicyclic) bond motifs is 2. The minimum absolute atomic E-state index is 0. The van der Waals surface area contributed by atoms with Crippen molar-refractivity contribution >= 4 is 5.97 Å². The number of carbonyl (C=O) groups excluding carboxylic acids is 1. The molecule has 0 spiro atoms. The van der Waals surface area contributed by atoms with E-state index in [1.54, 1.807) is 0 Å². The summed E-state index contributed by atoms with van der Waals surface area (Å²) < 4.78 is 6.37. The lowest BCUT2D eigenvalue weighted by molar-refractivity contribution is -0.922. The molecule has 2 saturated heterocycles. The first-order chi connectivity index (χ1) is 9.18. The molecule has 0 N–H and O–H groups in total. The SMILES string of the molecule is CCOC(=O)C12CC[N+](Cc3ccccc3)(CC1)C2.[Br-]. The van der Waals surface area contributed by atoms with Gasteiger partial charge in [0.25, 0.3) is 0 Å². The van der Waals surface area contributed by atoms with Crippen LogP contribution in [0.15, 0.2) is 30.3 Å². The Labute approximate surface area is 131 Å². The van der Waals surface area contributed by atoms with Gasteiger partial charge in [0.05, 0.1) is 26.2 Å². The van der Waals surface area contributed by atoms with E-state index in [1.165, 1.54) is 5.56 Å². The van der Waals surface area contributed by atoms with E-state index in [-0.39, 0.29) is 28.4 Å². The fraction of sp³-hybridized carbons (Fsp3) is 0.562. The fourth-order valence-electron chi connectivity index (χ4n) is 3.84. The Morgan fingerprint density at radius 3 is 2.50 bits per heavy atom. The molecule has 3 rings (SSSR count). The van der Waals surface area contributed by atoms with Crippen molar-refractivity contribution in [3.8, 4) is 0 Å². The summed E-state index contributed by atoms with van der Waals surface area (Å²) in [6, 6.07) is 10.6. The molecular weight excluding hydrogens is 318 g/mol. The Kier molecular flexibility index (Phi) is 4.55. The molecule has 2 aliphatic heterocycles. The number of ether oxygens (including phenoxy) is 1. The van der Waals surface area contributed by atoms with E-state index in [1.807, 2.05) is 6.92 Å². The van der Waals surface area contributed by atoms with Gasteiger partial charge in [-0.3, -0.25) is 4.79 Å². The van der Waals surface area contributed by atoms with Crippen molar-refractivity contribution < 1.29 is 31.0 Å². The molecule has 4 heteroatoms. The molecule has 2 aliphatic rings. The summed E-state index contributed by atoms with van der Waals surface area (Å²) in [6.07, 6.45) is 2.00. The molecule has 110 valence electrons. The summed E-state index contributed by atoms with van der Waals surface area (Å²) in [6.45, 7) is 6.66. The molecule has 0 amide bonds. The van der Waals surface area contributed by atoms with Crippen molar-refractivity contribution in [1.29, 1.82) is 0 Å². The summed E-state index contributed by atoms with van der Waals surface area (Å²) in [5.74, 6) is 0.0422. The van der Waals surface area contributed by atoms with Crippen molar-refractivity contribution in [3.05, 3.63) is 35.9 Å². The summed E-state index contributed by atoms with van der Waals surface area (Å²) in [5.41, 5.74) is 1.20. The van der Waals surface area contributed by atoms with Gasteiger partial charge in [0.1, 0.15) is 12.0 Å².